The SMILES string of the molecule is COc1ccc(NC(=O)c2ccc(NC(=O)C[NH+](C)Cc3c(F)cccc3Cl)cc2)cc1. The highest BCUT2D eigenvalue weighted by molar-refractivity contribution is 6.31. The summed E-state index contributed by atoms with van der Waals surface area (Å²) in [6.45, 7) is 0.410. The molecule has 6 nitrogen and oxygen atoms in total. The molecule has 0 spiro atoms. The number of carbonyl (C=O) groups excluding carboxylic acids is 2. The molecule has 0 aromatic heterocycles. The Morgan fingerprint density at radius 3 is 2.22 bits per heavy atom. The smallest absolute Gasteiger partial charge is 0.279 e. The van der Waals surface area contributed by atoms with Gasteiger partial charge in [-0.2, -0.15) is 0 Å². The average molecular weight is 457 g/mol. The zero-order valence-electron chi connectivity index (χ0n) is 17.7. The summed E-state index contributed by atoms with van der Waals surface area (Å²) in [5.74, 6) is -0.183. The van der Waals surface area contributed by atoms with E-state index in [0.29, 0.717) is 33.3 Å². The number of methoxy groups -OCH3 is 1. The van der Waals surface area contributed by atoms with Crippen molar-refractivity contribution in [2.45, 2.75) is 6.54 Å². The molecule has 8 heteroatoms. The van der Waals surface area contributed by atoms with Crippen LogP contribution in [0.4, 0.5) is 15.8 Å². The molecule has 0 heterocycles. The molecule has 0 saturated carbocycles. The Morgan fingerprint density at radius 1 is 0.969 bits per heavy atom. The molecule has 0 aliphatic rings. The number of nitrogens with one attached hydrogen (secondary N) is 3. The van der Waals surface area contributed by atoms with Crippen LogP contribution in [0, 0.1) is 5.82 Å². The van der Waals surface area contributed by atoms with E-state index >= 15 is 0 Å². The fraction of sp³-hybridized carbons (Fsp3) is 0.167. The van der Waals surface area contributed by atoms with E-state index in [0.717, 1.165) is 4.90 Å². The first-order valence-electron chi connectivity index (χ1n) is 9.95. The Balaban J connectivity index is 1.53. The van der Waals surface area contributed by atoms with E-state index in [2.05, 4.69) is 10.6 Å². The van der Waals surface area contributed by atoms with Gasteiger partial charge in [0.15, 0.2) is 6.54 Å². The molecule has 0 aliphatic heterocycles. The molecule has 3 N–H and O–H groups in total. The van der Waals surface area contributed by atoms with Crippen LogP contribution in [0.2, 0.25) is 5.02 Å². The van der Waals surface area contributed by atoms with Crippen LogP contribution < -0.4 is 20.3 Å². The van der Waals surface area contributed by atoms with Gasteiger partial charge in [0.25, 0.3) is 11.8 Å². The minimum Gasteiger partial charge on any atom is -0.497 e. The number of amides is 2. The van der Waals surface area contributed by atoms with E-state index in [4.69, 9.17) is 16.3 Å². The third-order valence-electron chi connectivity index (χ3n) is 4.78. The van der Waals surface area contributed by atoms with Gasteiger partial charge in [-0.25, -0.2) is 4.39 Å². The van der Waals surface area contributed by atoms with Crippen LogP contribution in [-0.4, -0.2) is 32.5 Å². The van der Waals surface area contributed by atoms with Crippen LogP contribution in [0.5, 0.6) is 5.75 Å². The maximum Gasteiger partial charge on any atom is 0.279 e. The van der Waals surface area contributed by atoms with Gasteiger partial charge in [-0.15, -0.1) is 0 Å². The summed E-state index contributed by atoms with van der Waals surface area (Å²) in [6.07, 6.45) is 0. The summed E-state index contributed by atoms with van der Waals surface area (Å²) in [4.78, 5) is 25.5. The van der Waals surface area contributed by atoms with E-state index in [1.807, 2.05) is 0 Å². The number of carbonyl (C=O) groups is 2. The quantitative estimate of drug-likeness (QED) is 0.486. The predicted molar refractivity (Wildman–Crippen MR) is 123 cm³/mol. The van der Waals surface area contributed by atoms with Gasteiger partial charge in [-0.05, 0) is 60.7 Å². The number of hydrogen-bond donors (Lipinski definition) is 3. The van der Waals surface area contributed by atoms with E-state index in [-0.39, 0.29) is 30.7 Å². The van der Waals surface area contributed by atoms with Gasteiger partial charge in [-0.3, -0.25) is 9.59 Å². The lowest BCUT2D eigenvalue weighted by molar-refractivity contribution is -0.885. The Kier molecular flexibility index (Phi) is 7.81. The summed E-state index contributed by atoms with van der Waals surface area (Å²) < 4.78 is 19.0. The van der Waals surface area contributed by atoms with E-state index in [1.54, 1.807) is 74.8 Å². The first-order chi connectivity index (χ1) is 15.4. The Hall–Kier alpha value is -3.42. The third-order valence-corrected chi connectivity index (χ3v) is 5.14. The third kappa shape index (κ3) is 6.29. The van der Waals surface area contributed by atoms with Crippen molar-refractivity contribution in [2.24, 2.45) is 0 Å². The Bertz CT molecular complexity index is 1070. The molecule has 3 rings (SSSR count). The van der Waals surface area contributed by atoms with Crippen LogP contribution in [0.15, 0.2) is 66.7 Å². The van der Waals surface area contributed by atoms with Gasteiger partial charge in [0.2, 0.25) is 0 Å². The summed E-state index contributed by atoms with van der Waals surface area (Å²) in [5, 5.41) is 5.93. The van der Waals surface area contributed by atoms with Crippen molar-refractivity contribution < 1.29 is 23.6 Å². The number of ether oxygens (including phenoxy) is 1. The molecule has 3 aromatic rings. The lowest BCUT2D eigenvalue weighted by Crippen LogP contribution is -3.08. The van der Waals surface area contributed by atoms with E-state index in [9.17, 15) is 14.0 Å². The highest BCUT2D eigenvalue weighted by Gasteiger charge is 2.16. The number of benzene rings is 3. The molecular weight excluding hydrogens is 433 g/mol. The van der Waals surface area contributed by atoms with Gasteiger partial charge in [0.05, 0.1) is 24.7 Å². The molecule has 0 aliphatic carbocycles. The average Bonchev–Trinajstić information content (AvgIpc) is 2.77. The van der Waals surface area contributed by atoms with Crippen LogP contribution in [0.25, 0.3) is 0 Å². The van der Waals surface area contributed by atoms with E-state index < -0.39 is 0 Å². The van der Waals surface area contributed by atoms with Crippen molar-refractivity contribution in [3.8, 4) is 5.75 Å². The number of hydrogen-bond acceptors (Lipinski definition) is 3. The molecule has 1 unspecified atom stereocenters. The second-order valence-electron chi connectivity index (χ2n) is 7.32. The predicted octanol–water partition coefficient (Wildman–Crippen LogP) is 3.39. The highest BCUT2D eigenvalue weighted by atomic mass is 35.5. The van der Waals surface area contributed by atoms with Crippen LogP contribution in [-0.2, 0) is 11.3 Å². The van der Waals surface area contributed by atoms with Crippen molar-refractivity contribution in [3.63, 3.8) is 0 Å². The van der Waals surface area contributed by atoms with Crippen LogP contribution >= 0.6 is 11.6 Å². The summed E-state index contributed by atoms with van der Waals surface area (Å²) in [5.41, 5.74) is 2.05. The molecular formula is C24H24ClFN3O3+. The molecule has 3 aromatic carbocycles. The topological polar surface area (TPSA) is 71.9 Å². The minimum atomic E-state index is -0.388. The van der Waals surface area contributed by atoms with Crippen molar-refractivity contribution >= 4 is 34.8 Å². The summed E-state index contributed by atoms with van der Waals surface area (Å²) in [6, 6.07) is 18.1. The molecule has 0 bridgehead atoms. The summed E-state index contributed by atoms with van der Waals surface area (Å²) in [7, 11) is 3.36. The fourth-order valence-electron chi connectivity index (χ4n) is 3.13. The fourth-order valence-corrected chi connectivity index (χ4v) is 3.36. The van der Waals surface area contributed by atoms with Crippen molar-refractivity contribution in [1.29, 1.82) is 0 Å². The number of likely N-dealkylation sites (N-methyl/N-ethyl adjacent to an activating group) is 1. The number of quaternary nitrogens is 1. The highest BCUT2D eigenvalue weighted by Crippen LogP contribution is 2.18. The second-order valence-corrected chi connectivity index (χ2v) is 7.73. The first kappa shape index (κ1) is 23.2. The molecule has 0 saturated heterocycles. The maximum absolute atomic E-state index is 13.9. The number of rotatable bonds is 8. The Labute approximate surface area is 191 Å². The summed E-state index contributed by atoms with van der Waals surface area (Å²) >= 11 is 6.05. The monoisotopic (exact) mass is 456 g/mol. The molecule has 2 amide bonds. The lowest BCUT2D eigenvalue weighted by Gasteiger charge is -2.15. The molecule has 166 valence electrons. The Morgan fingerprint density at radius 2 is 1.59 bits per heavy atom. The zero-order chi connectivity index (χ0) is 23.1. The van der Waals surface area contributed by atoms with Crippen molar-refractivity contribution in [2.75, 3.05) is 31.3 Å². The number of halogens is 2. The van der Waals surface area contributed by atoms with Crippen molar-refractivity contribution in [1.82, 2.24) is 0 Å². The van der Waals surface area contributed by atoms with Gasteiger partial charge < -0.3 is 20.3 Å². The van der Waals surface area contributed by atoms with Gasteiger partial charge in [0, 0.05) is 16.9 Å². The lowest BCUT2D eigenvalue weighted by atomic mass is 10.2. The maximum atomic E-state index is 13.9. The molecule has 1 atom stereocenters. The largest absolute Gasteiger partial charge is 0.497 e. The minimum absolute atomic E-state index is 0.129. The van der Waals surface area contributed by atoms with Gasteiger partial charge >= 0.3 is 0 Å². The standard InChI is InChI=1S/C24H23ClFN3O3/c1-29(14-20-21(25)4-3-5-22(20)26)15-23(30)27-17-8-6-16(7-9-17)24(31)28-18-10-12-19(32-2)13-11-18/h3-13H,14-15H2,1-2H3,(H,27,30)(H,28,31)/p+1. The number of anilines is 2. The molecule has 0 radical (unpaired) electrons. The van der Waals surface area contributed by atoms with Gasteiger partial charge in [0.1, 0.15) is 18.1 Å². The second kappa shape index (κ2) is 10.7. The zero-order valence-corrected chi connectivity index (χ0v) is 18.5. The van der Waals surface area contributed by atoms with Crippen molar-refractivity contribution in [3.05, 3.63) is 88.7 Å². The van der Waals surface area contributed by atoms with Gasteiger partial charge in [-0.1, -0.05) is 17.7 Å². The molecule has 32 heavy (non-hydrogen) atoms. The normalized spacial score (nSPS) is 11.5. The van der Waals surface area contributed by atoms with Crippen LogP contribution in [0.1, 0.15) is 15.9 Å². The molecule has 0 fully saturated rings. The van der Waals surface area contributed by atoms with E-state index in [1.165, 1.54) is 6.07 Å². The van der Waals surface area contributed by atoms with Crippen LogP contribution in [0.3, 0.4) is 0 Å². The first-order valence-corrected chi connectivity index (χ1v) is 10.3.